The Labute approximate surface area is 96.0 Å². The minimum atomic E-state index is -0.396. The highest BCUT2D eigenvalue weighted by Crippen LogP contribution is 2.08. The molecule has 0 aliphatic heterocycles. The van der Waals surface area contributed by atoms with Crippen molar-refractivity contribution in [2.45, 2.75) is 46.2 Å². The van der Waals surface area contributed by atoms with Gasteiger partial charge in [0.2, 0.25) is 0 Å². The molecule has 1 rings (SSSR count). The average molecular weight is 224 g/mol. The summed E-state index contributed by atoms with van der Waals surface area (Å²) in [4.78, 5) is 15.9. The molecule has 1 aromatic heterocycles. The molecule has 1 aromatic rings. The van der Waals surface area contributed by atoms with Gasteiger partial charge in [0.1, 0.15) is 12.2 Å². The quantitative estimate of drug-likeness (QED) is 0.775. The molecule has 0 saturated heterocycles. The molecule has 2 atom stereocenters. The van der Waals surface area contributed by atoms with Gasteiger partial charge in [-0.25, -0.2) is 9.67 Å². The second-order valence-corrected chi connectivity index (χ2v) is 4.05. The first-order chi connectivity index (χ1) is 7.60. The smallest absolute Gasteiger partial charge is 0.157 e. The molecule has 90 valence electrons. The molecule has 5 nitrogen and oxygen atoms in total. The van der Waals surface area contributed by atoms with Crippen molar-refractivity contribution in [3.63, 3.8) is 0 Å². The molecule has 0 aromatic carbocycles. The zero-order chi connectivity index (χ0) is 12.1. The lowest BCUT2D eigenvalue weighted by Crippen LogP contribution is -2.38. The number of aryl methyl sites for hydroxylation is 1. The zero-order valence-corrected chi connectivity index (χ0v) is 10.2. The molecule has 0 spiro atoms. The highest BCUT2D eigenvalue weighted by Gasteiger charge is 2.21. The second-order valence-electron chi connectivity index (χ2n) is 4.05. The van der Waals surface area contributed by atoms with Crippen LogP contribution in [0.15, 0.2) is 6.33 Å². The van der Waals surface area contributed by atoms with Crippen LogP contribution in [0.1, 0.15) is 33.0 Å². The van der Waals surface area contributed by atoms with E-state index in [9.17, 15) is 4.79 Å². The fourth-order valence-corrected chi connectivity index (χ4v) is 1.53. The first kappa shape index (κ1) is 12.8. The average Bonchev–Trinajstić information content (AvgIpc) is 2.74. The van der Waals surface area contributed by atoms with E-state index in [2.05, 4.69) is 10.1 Å². The van der Waals surface area contributed by atoms with Crippen LogP contribution in [0.5, 0.6) is 0 Å². The molecule has 5 heteroatoms. The van der Waals surface area contributed by atoms with Crippen molar-refractivity contribution in [1.29, 1.82) is 0 Å². The Morgan fingerprint density at radius 3 is 2.81 bits per heavy atom. The summed E-state index contributed by atoms with van der Waals surface area (Å²) >= 11 is 0. The fourth-order valence-electron chi connectivity index (χ4n) is 1.53. The number of hydrogen-bond acceptors (Lipinski definition) is 4. The third kappa shape index (κ3) is 2.88. The number of rotatable bonds is 6. The van der Waals surface area contributed by atoms with E-state index in [4.69, 9.17) is 5.73 Å². The number of Topliss-reactive ketones (excluding diaryl/α,β-unsaturated/α-hetero) is 1. The van der Waals surface area contributed by atoms with Crippen molar-refractivity contribution < 1.29 is 4.79 Å². The van der Waals surface area contributed by atoms with Crippen LogP contribution < -0.4 is 5.73 Å². The molecule has 0 aliphatic rings. The third-order valence-electron chi connectivity index (χ3n) is 2.96. The first-order valence-corrected chi connectivity index (χ1v) is 5.75. The van der Waals surface area contributed by atoms with Gasteiger partial charge in [0.05, 0.1) is 12.5 Å². The van der Waals surface area contributed by atoms with Gasteiger partial charge in [0, 0.05) is 6.54 Å². The summed E-state index contributed by atoms with van der Waals surface area (Å²) in [5.41, 5.74) is 5.87. The molecule has 1 heterocycles. The molecule has 0 fully saturated rings. The maximum Gasteiger partial charge on any atom is 0.157 e. The maximum absolute atomic E-state index is 11.9. The van der Waals surface area contributed by atoms with E-state index in [0.29, 0.717) is 5.82 Å². The van der Waals surface area contributed by atoms with E-state index in [0.717, 1.165) is 13.0 Å². The molecule has 0 saturated carbocycles. The lowest BCUT2D eigenvalue weighted by molar-refractivity contribution is -0.120. The minimum absolute atomic E-state index is 0.0389. The monoisotopic (exact) mass is 224 g/mol. The van der Waals surface area contributed by atoms with Gasteiger partial charge in [-0.2, -0.15) is 5.10 Å². The number of carbonyl (C=O) groups is 1. The Hall–Kier alpha value is -1.23. The largest absolute Gasteiger partial charge is 0.321 e. The van der Waals surface area contributed by atoms with Gasteiger partial charge in [-0.05, 0) is 12.8 Å². The van der Waals surface area contributed by atoms with E-state index in [1.165, 1.54) is 6.33 Å². The lowest BCUT2D eigenvalue weighted by atomic mass is 9.95. The Bertz CT molecular complexity index is 348. The molecule has 0 amide bonds. The molecule has 16 heavy (non-hydrogen) atoms. The predicted octanol–water partition coefficient (Wildman–Crippen LogP) is 0.783. The van der Waals surface area contributed by atoms with Crippen molar-refractivity contribution in [2.75, 3.05) is 0 Å². The third-order valence-corrected chi connectivity index (χ3v) is 2.96. The van der Waals surface area contributed by atoms with E-state index < -0.39 is 6.04 Å². The highest BCUT2D eigenvalue weighted by atomic mass is 16.1. The summed E-state index contributed by atoms with van der Waals surface area (Å²) in [6, 6.07) is -0.396. The lowest BCUT2D eigenvalue weighted by Gasteiger charge is -2.16. The molecule has 2 unspecified atom stereocenters. The summed E-state index contributed by atoms with van der Waals surface area (Å²) < 4.78 is 1.72. The van der Waals surface area contributed by atoms with Crippen LogP contribution in [-0.2, 0) is 17.8 Å². The normalized spacial score (nSPS) is 14.8. The molecule has 0 aliphatic carbocycles. The number of hydrogen-bond donors (Lipinski definition) is 1. The van der Waals surface area contributed by atoms with Gasteiger partial charge < -0.3 is 5.73 Å². The van der Waals surface area contributed by atoms with Crippen LogP contribution in [0.2, 0.25) is 0 Å². The summed E-state index contributed by atoms with van der Waals surface area (Å²) in [5.74, 6) is 0.953. The van der Waals surface area contributed by atoms with E-state index >= 15 is 0 Å². The van der Waals surface area contributed by atoms with Gasteiger partial charge >= 0.3 is 0 Å². The number of aromatic nitrogens is 3. The van der Waals surface area contributed by atoms with E-state index in [1.54, 1.807) is 4.68 Å². The highest BCUT2D eigenvalue weighted by molar-refractivity contribution is 5.85. The Balaban J connectivity index is 2.64. The topological polar surface area (TPSA) is 73.8 Å². The summed E-state index contributed by atoms with van der Waals surface area (Å²) in [6.45, 7) is 6.72. The molecular weight excluding hydrogens is 204 g/mol. The minimum Gasteiger partial charge on any atom is -0.321 e. The van der Waals surface area contributed by atoms with Gasteiger partial charge in [0.15, 0.2) is 5.78 Å². The molecule has 0 bridgehead atoms. The van der Waals surface area contributed by atoms with Crippen LogP contribution >= 0.6 is 0 Å². The van der Waals surface area contributed by atoms with Crippen LogP contribution in [0.25, 0.3) is 0 Å². The number of nitrogens with zero attached hydrogens (tertiary/aromatic N) is 3. The maximum atomic E-state index is 11.9. The zero-order valence-electron chi connectivity index (χ0n) is 10.2. The summed E-state index contributed by atoms with van der Waals surface area (Å²) in [7, 11) is 0. The van der Waals surface area contributed by atoms with Crippen molar-refractivity contribution in [1.82, 2.24) is 14.8 Å². The van der Waals surface area contributed by atoms with E-state index in [-0.39, 0.29) is 18.1 Å². The van der Waals surface area contributed by atoms with Gasteiger partial charge in [-0.1, -0.05) is 20.3 Å². The standard InChI is InChI=1S/C11H20N4O/c1-4-8(3)11(12)9(16)6-10-13-7-14-15(10)5-2/h7-8,11H,4-6,12H2,1-3H3. The van der Waals surface area contributed by atoms with Crippen LogP contribution in [0.4, 0.5) is 0 Å². The van der Waals surface area contributed by atoms with Gasteiger partial charge in [-0.3, -0.25) is 4.79 Å². The van der Waals surface area contributed by atoms with Crippen LogP contribution in [0, 0.1) is 5.92 Å². The molecule has 2 N–H and O–H groups in total. The number of ketones is 1. The first-order valence-electron chi connectivity index (χ1n) is 5.75. The second kappa shape index (κ2) is 5.75. The van der Waals surface area contributed by atoms with Crippen LogP contribution in [-0.4, -0.2) is 26.6 Å². The Morgan fingerprint density at radius 1 is 1.56 bits per heavy atom. The fraction of sp³-hybridized carbons (Fsp3) is 0.727. The molecule has 0 radical (unpaired) electrons. The summed E-state index contributed by atoms with van der Waals surface area (Å²) in [5, 5.41) is 4.02. The Kier molecular flexibility index (Phi) is 4.61. The van der Waals surface area contributed by atoms with Crippen molar-refractivity contribution >= 4 is 5.78 Å². The van der Waals surface area contributed by atoms with Gasteiger partial charge in [0.25, 0.3) is 0 Å². The SMILES string of the molecule is CCC(C)C(N)C(=O)Cc1ncnn1CC. The summed E-state index contributed by atoms with van der Waals surface area (Å²) in [6.07, 6.45) is 2.66. The van der Waals surface area contributed by atoms with Crippen molar-refractivity contribution in [3.05, 3.63) is 12.2 Å². The van der Waals surface area contributed by atoms with Gasteiger partial charge in [-0.15, -0.1) is 0 Å². The van der Waals surface area contributed by atoms with Crippen LogP contribution in [0.3, 0.4) is 0 Å². The number of nitrogens with two attached hydrogens (primary N) is 1. The Morgan fingerprint density at radius 2 is 2.25 bits per heavy atom. The van der Waals surface area contributed by atoms with E-state index in [1.807, 2.05) is 20.8 Å². The van der Waals surface area contributed by atoms with Crippen molar-refractivity contribution in [3.8, 4) is 0 Å². The van der Waals surface area contributed by atoms with Crippen molar-refractivity contribution in [2.24, 2.45) is 11.7 Å². The predicted molar refractivity (Wildman–Crippen MR) is 61.8 cm³/mol. The molecular formula is C11H20N4O. The number of carbonyl (C=O) groups excluding carboxylic acids is 1.